The number of aliphatic hydroxyl groups excluding tert-OH is 1. The molecule has 4 heteroatoms. The molecule has 3 N–H and O–H groups in total. The average molecular weight is 226 g/mol. The molecule has 16 heavy (non-hydrogen) atoms. The van der Waals surface area contributed by atoms with Crippen LogP contribution in [0.2, 0.25) is 0 Å². The molecule has 1 amide bonds. The van der Waals surface area contributed by atoms with Crippen molar-refractivity contribution in [2.24, 2.45) is 0 Å². The SMILES string of the molecule is CC1(C(=O)NC2CCC(O)CC2)CCCN1. The molecule has 0 aromatic rings. The van der Waals surface area contributed by atoms with Gasteiger partial charge >= 0.3 is 0 Å². The van der Waals surface area contributed by atoms with Crippen LogP contribution in [0.15, 0.2) is 0 Å². The van der Waals surface area contributed by atoms with Crippen LogP contribution >= 0.6 is 0 Å². The number of carbonyl (C=O) groups is 1. The van der Waals surface area contributed by atoms with Crippen molar-refractivity contribution in [3.05, 3.63) is 0 Å². The Morgan fingerprint density at radius 2 is 2.06 bits per heavy atom. The van der Waals surface area contributed by atoms with Crippen LogP contribution in [0, 0.1) is 0 Å². The third-order valence-corrected chi connectivity index (χ3v) is 3.90. The molecule has 2 fully saturated rings. The fourth-order valence-corrected chi connectivity index (χ4v) is 2.65. The second-order valence-electron chi connectivity index (χ2n) is 5.34. The van der Waals surface area contributed by atoms with E-state index in [1.54, 1.807) is 0 Å². The topological polar surface area (TPSA) is 61.4 Å². The first-order valence-electron chi connectivity index (χ1n) is 6.34. The van der Waals surface area contributed by atoms with Gasteiger partial charge in [0.05, 0.1) is 11.6 Å². The van der Waals surface area contributed by atoms with Crippen LogP contribution in [0.3, 0.4) is 0 Å². The zero-order valence-electron chi connectivity index (χ0n) is 9.96. The summed E-state index contributed by atoms with van der Waals surface area (Å²) < 4.78 is 0. The third kappa shape index (κ3) is 2.55. The monoisotopic (exact) mass is 226 g/mol. The van der Waals surface area contributed by atoms with Gasteiger partial charge in [-0.1, -0.05) is 0 Å². The van der Waals surface area contributed by atoms with E-state index >= 15 is 0 Å². The molecule has 0 bridgehead atoms. The Morgan fingerprint density at radius 1 is 1.38 bits per heavy atom. The quantitative estimate of drug-likeness (QED) is 0.644. The van der Waals surface area contributed by atoms with Crippen molar-refractivity contribution in [1.29, 1.82) is 0 Å². The van der Waals surface area contributed by atoms with E-state index < -0.39 is 0 Å². The summed E-state index contributed by atoms with van der Waals surface area (Å²) in [4.78, 5) is 12.1. The first-order valence-corrected chi connectivity index (χ1v) is 6.34. The molecule has 1 aliphatic carbocycles. The molecule has 1 aliphatic heterocycles. The summed E-state index contributed by atoms with van der Waals surface area (Å²) in [5.41, 5.74) is -0.365. The second kappa shape index (κ2) is 4.72. The lowest BCUT2D eigenvalue weighted by Crippen LogP contribution is -2.54. The highest BCUT2D eigenvalue weighted by Crippen LogP contribution is 2.22. The number of hydrogen-bond acceptors (Lipinski definition) is 3. The van der Waals surface area contributed by atoms with Gasteiger partial charge < -0.3 is 15.7 Å². The van der Waals surface area contributed by atoms with E-state index in [-0.39, 0.29) is 23.6 Å². The minimum absolute atomic E-state index is 0.131. The first kappa shape index (κ1) is 11.9. The van der Waals surface area contributed by atoms with Crippen LogP contribution < -0.4 is 10.6 Å². The van der Waals surface area contributed by atoms with E-state index in [0.717, 1.165) is 45.1 Å². The minimum atomic E-state index is -0.365. The number of hydrogen-bond donors (Lipinski definition) is 3. The van der Waals surface area contributed by atoms with E-state index in [1.165, 1.54) is 0 Å². The zero-order chi connectivity index (χ0) is 11.6. The fourth-order valence-electron chi connectivity index (χ4n) is 2.65. The van der Waals surface area contributed by atoms with Crippen LogP contribution in [0.25, 0.3) is 0 Å². The molecule has 0 aromatic carbocycles. The molecule has 1 unspecified atom stereocenters. The highest BCUT2D eigenvalue weighted by Gasteiger charge is 2.37. The van der Waals surface area contributed by atoms with Crippen molar-refractivity contribution >= 4 is 5.91 Å². The predicted molar refractivity (Wildman–Crippen MR) is 62.0 cm³/mol. The van der Waals surface area contributed by atoms with Crippen molar-refractivity contribution in [3.8, 4) is 0 Å². The number of amides is 1. The summed E-state index contributed by atoms with van der Waals surface area (Å²) in [5, 5.41) is 15.8. The Hall–Kier alpha value is -0.610. The normalized spacial score (nSPS) is 39.6. The van der Waals surface area contributed by atoms with Gasteiger partial charge in [0.1, 0.15) is 0 Å². The van der Waals surface area contributed by atoms with Crippen LogP contribution in [-0.2, 0) is 4.79 Å². The molecule has 0 aromatic heterocycles. The standard InChI is InChI=1S/C12H22N2O2/c1-12(7-2-8-13-12)11(16)14-9-3-5-10(15)6-4-9/h9-10,13,15H,2-8H2,1H3,(H,14,16). The van der Waals surface area contributed by atoms with Gasteiger partial charge in [-0.15, -0.1) is 0 Å². The molecule has 2 rings (SSSR count). The maximum absolute atomic E-state index is 12.1. The Morgan fingerprint density at radius 3 is 2.62 bits per heavy atom. The van der Waals surface area contributed by atoms with Gasteiger partial charge in [0, 0.05) is 6.04 Å². The molecule has 0 radical (unpaired) electrons. The van der Waals surface area contributed by atoms with E-state index in [0.29, 0.717) is 0 Å². The minimum Gasteiger partial charge on any atom is -0.393 e. The summed E-state index contributed by atoms with van der Waals surface area (Å²) in [6.45, 7) is 2.92. The lowest BCUT2D eigenvalue weighted by atomic mass is 9.91. The van der Waals surface area contributed by atoms with Crippen molar-refractivity contribution < 1.29 is 9.90 Å². The van der Waals surface area contributed by atoms with Crippen molar-refractivity contribution in [1.82, 2.24) is 10.6 Å². The number of aliphatic hydroxyl groups is 1. The Bertz CT molecular complexity index is 254. The van der Waals surface area contributed by atoms with Crippen LogP contribution in [0.1, 0.15) is 45.4 Å². The molecular formula is C12H22N2O2. The van der Waals surface area contributed by atoms with E-state index in [2.05, 4.69) is 10.6 Å². The number of nitrogens with one attached hydrogen (secondary N) is 2. The van der Waals surface area contributed by atoms with Gasteiger partial charge in [0.25, 0.3) is 0 Å². The zero-order valence-corrected chi connectivity index (χ0v) is 9.96. The number of rotatable bonds is 2. The Balaban J connectivity index is 1.83. The summed E-state index contributed by atoms with van der Waals surface area (Å²) in [6.07, 6.45) is 5.28. The smallest absolute Gasteiger partial charge is 0.240 e. The van der Waals surface area contributed by atoms with Crippen LogP contribution in [-0.4, -0.2) is 35.2 Å². The maximum atomic E-state index is 12.1. The number of carbonyl (C=O) groups excluding carboxylic acids is 1. The van der Waals surface area contributed by atoms with Crippen molar-refractivity contribution in [2.75, 3.05) is 6.54 Å². The van der Waals surface area contributed by atoms with Gasteiger partial charge in [0.2, 0.25) is 5.91 Å². The van der Waals surface area contributed by atoms with Crippen LogP contribution in [0.5, 0.6) is 0 Å². The molecule has 1 atom stereocenters. The van der Waals surface area contributed by atoms with E-state index in [1.807, 2.05) is 6.92 Å². The first-order chi connectivity index (χ1) is 7.60. The molecule has 1 saturated heterocycles. The van der Waals surface area contributed by atoms with Crippen LogP contribution in [0.4, 0.5) is 0 Å². The van der Waals surface area contributed by atoms with Gasteiger partial charge in [0.15, 0.2) is 0 Å². The van der Waals surface area contributed by atoms with Crippen molar-refractivity contribution in [2.45, 2.75) is 63.1 Å². The molecule has 0 spiro atoms. The Kier molecular flexibility index (Phi) is 3.50. The summed E-state index contributed by atoms with van der Waals surface area (Å²) >= 11 is 0. The fraction of sp³-hybridized carbons (Fsp3) is 0.917. The van der Waals surface area contributed by atoms with Gasteiger partial charge in [-0.05, 0) is 52.0 Å². The lowest BCUT2D eigenvalue weighted by molar-refractivity contribution is -0.127. The van der Waals surface area contributed by atoms with Gasteiger partial charge in [-0.3, -0.25) is 4.79 Å². The predicted octanol–water partition coefficient (Wildman–Crippen LogP) is 0.548. The van der Waals surface area contributed by atoms with E-state index in [4.69, 9.17) is 0 Å². The Labute approximate surface area is 96.8 Å². The highest BCUT2D eigenvalue weighted by molar-refractivity contribution is 5.86. The summed E-state index contributed by atoms with van der Waals surface area (Å²) in [6, 6.07) is 0.259. The largest absolute Gasteiger partial charge is 0.393 e. The van der Waals surface area contributed by atoms with Crippen molar-refractivity contribution in [3.63, 3.8) is 0 Å². The third-order valence-electron chi connectivity index (χ3n) is 3.90. The highest BCUT2D eigenvalue weighted by atomic mass is 16.3. The molecule has 2 aliphatic rings. The lowest BCUT2D eigenvalue weighted by Gasteiger charge is -2.30. The summed E-state index contributed by atoms with van der Waals surface area (Å²) in [7, 11) is 0. The van der Waals surface area contributed by atoms with E-state index in [9.17, 15) is 9.90 Å². The van der Waals surface area contributed by atoms with Gasteiger partial charge in [-0.2, -0.15) is 0 Å². The molecule has 1 heterocycles. The molecular weight excluding hydrogens is 204 g/mol. The second-order valence-corrected chi connectivity index (χ2v) is 5.34. The van der Waals surface area contributed by atoms with Gasteiger partial charge in [-0.25, -0.2) is 0 Å². The maximum Gasteiger partial charge on any atom is 0.240 e. The average Bonchev–Trinajstić information content (AvgIpc) is 2.70. The summed E-state index contributed by atoms with van der Waals surface area (Å²) in [5.74, 6) is 0.131. The molecule has 92 valence electrons. The molecule has 1 saturated carbocycles. The molecule has 4 nitrogen and oxygen atoms in total.